The van der Waals surface area contributed by atoms with E-state index in [9.17, 15) is 0 Å². The number of ether oxygens (including phenoxy) is 1. The predicted octanol–water partition coefficient (Wildman–Crippen LogP) is 0.457. The zero-order chi connectivity index (χ0) is 3.54. The Hall–Kier alpha value is -0.370. The van der Waals surface area contributed by atoms with E-state index in [1.165, 1.54) is 0 Å². The summed E-state index contributed by atoms with van der Waals surface area (Å²) >= 11 is 0. The Bertz CT molecular complexity index is 48.8. The standard InChI is InChI=1S/C3H5NO.ClH/c1-2-5-3-4-1;/h1-2,4H,3H2;1H. The van der Waals surface area contributed by atoms with Gasteiger partial charge in [-0.25, -0.2) is 0 Å². The third-order valence-corrected chi connectivity index (χ3v) is 0.449. The molecule has 0 aromatic heterocycles. The highest BCUT2D eigenvalue weighted by Gasteiger charge is 1.79. The Morgan fingerprint density at radius 3 is 2.67 bits per heavy atom. The average Bonchev–Trinajstić information content (AvgIpc) is 1.76. The molecule has 1 aliphatic heterocycles. The van der Waals surface area contributed by atoms with Crippen molar-refractivity contribution in [2.45, 2.75) is 0 Å². The van der Waals surface area contributed by atoms with Gasteiger partial charge in [-0.15, -0.1) is 12.4 Å². The largest absolute Gasteiger partial charge is 0.479 e. The molecule has 0 saturated heterocycles. The summed E-state index contributed by atoms with van der Waals surface area (Å²) in [5.41, 5.74) is 0. The van der Waals surface area contributed by atoms with Crippen LogP contribution in [0.25, 0.3) is 0 Å². The molecule has 0 saturated carbocycles. The van der Waals surface area contributed by atoms with Crippen LogP contribution in [0.3, 0.4) is 0 Å². The van der Waals surface area contributed by atoms with E-state index in [0.29, 0.717) is 6.73 Å². The molecule has 6 heavy (non-hydrogen) atoms. The molecule has 3 heteroatoms. The smallest absolute Gasteiger partial charge is 0.157 e. The topological polar surface area (TPSA) is 21.3 Å². The quantitative estimate of drug-likeness (QED) is 0.486. The van der Waals surface area contributed by atoms with Gasteiger partial charge in [-0.2, -0.15) is 0 Å². The summed E-state index contributed by atoms with van der Waals surface area (Å²) < 4.78 is 4.65. The summed E-state index contributed by atoms with van der Waals surface area (Å²) in [6.45, 7) is 0.639. The highest BCUT2D eigenvalue weighted by molar-refractivity contribution is 5.85. The molecule has 1 heterocycles. The lowest BCUT2D eigenvalue weighted by molar-refractivity contribution is 0.267. The molecule has 1 aliphatic rings. The Morgan fingerprint density at radius 1 is 1.67 bits per heavy atom. The van der Waals surface area contributed by atoms with Gasteiger partial charge in [0, 0.05) is 6.20 Å². The van der Waals surface area contributed by atoms with Gasteiger partial charge < -0.3 is 10.1 Å². The summed E-state index contributed by atoms with van der Waals surface area (Å²) in [5.74, 6) is 0. The lowest BCUT2D eigenvalue weighted by atomic mass is 11.0. The fourth-order valence-electron chi connectivity index (χ4n) is 0.241. The molecule has 0 bridgehead atoms. The molecule has 0 spiro atoms. The highest BCUT2D eigenvalue weighted by atomic mass is 35.5. The minimum absolute atomic E-state index is 0. The van der Waals surface area contributed by atoms with Gasteiger partial charge in [-0.3, -0.25) is 0 Å². The van der Waals surface area contributed by atoms with Gasteiger partial charge in [0.05, 0.1) is 0 Å². The molecular formula is C3H6ClNO. The average molecular weight is 108 g/mol. The van der Waals surface area contributed by atoms with Crippen molar-refractivity contribution >= 4 is 12.4 Å². The molecule has 2 nitrogen and oxygen atoms in total. The van der Waals surface area contributed by atoms with Crippen LogP contribution in [0.5, 0.6) is 0 Å². The second-order valence-corrected chi connectivity index (χ2v) is 0.818. The summed E-state index contributed by atoms with van der Waals surface area (Å²) in [5, 5.41) is 2.82. The first-order valence-electron chi connectivity index (χ1n) is 1.50. The van der Waals surface area contributed by atoms with Crippen molar-refractivity contribution < 1.29 is 4.74 Å². The minimum Gasteiger partial charge on any atom is -0.479 e. The van der Waals surface area contributed by atoms with Crippen LogP contribution in [0.4, 0.5) is 0 Å². The summed E-state index contributed by atoms with van der Waals surface area (Å²) in [7, 11) is 0. The molecule has 0 aliphatic carbocycles. The van der Waals surface area contributed by atoms with E-state index >= 15 is 0 Å². The Balaban J connectivity index is 0.000000250. The monoisotopic (exact) mass is 107 g/mol. The fraction of sp³-hybridized carbons (Fsp3) is 0.333. The third-order valence-electron chi connectivity index (χ3n) is 0.449. The van der Waals surface area contributed by atoms with Crippen LogP contribution in [0, 0.1) is 0 Å². The lowest BCUT2D eigenvalue weighted by Gasteiger charge is -1.82. The Kier molecular flexibility index (Phi) is 2.67. The molecular weight excluding hydrogens is 101 g/mol. The van der Waals surface area contributed by atoms with Crippen molar-refractivity contribution in [2.75, 3.05) is 6.73 Å². The highest BCUT2D eigenvalue weighted by Crippen LogP contribution is 1.78. The van der Waals surface area contributed by atoms with Crippen LogP contribution >= 0.6 is 12.4 Å². The predicted molar refractivity (Wildman–Crippen MR) is 25.5 cm³/mol. The van der Waals surface area contributed by atoms with Crippen LogP contribution < -0.4 is 5.32 Å². The molecule has 36 valence electrons. The number of halogens is 1. The van der Waals surface area contributed by atoms with Crippen LogP contribution in [-0.4, -0.2) is 6.73 Å². The van der Waals surface area contributed by atoms with E-state index in [1.807, 2.05) is 0 Å². The Morgan fingerprint density at radius 2 is 2.50 bits per heavy atom. The maximum atomic E-state index is 4.65. The molecule has 1 N–H and O–H groups in total. The maximum absolute atomic E-state index is 4.65. The van der Waals surface area contributed by atoms with Gasteiger partial charge in [-0.05, 0) is 0 Å². The molecule has 0 aromatic carbocycles. The van der Waals surface area contributed by atoms with Crippen molar-refractivity contribution in [3.63, 3.8) is 0 Å². The first-order valence-corrected chi connectivity index (χ1v) is 1.50. The van der Waals surface area contributed by atoms with Crippen molar-refractivity contribution in [1.29, 1.82) is 0 Å². The first-order chi connectivity index (χ1) is 2.50. The van der Waals surface area contributed by atoms with Crippen LogP contribution in [0.15, 0.2) is 12.5 Å². The van der Waals surface area contributed by atoms with Gasteiger partial charge in [0.25, 0.3) is 0 Å². The minimum atomic E-state index is 0. The molecule has 0 amide bonds. The summed E-state index contributed by atoms with van der Waals surface area (Å²) in [6, 6.07) is 0. The van der Waals surface area contributed by atoms with E-state index in [-0.39, 0.29) is 12.4 Å². The molecule has 1 rings (SSSR count). The molecule has 0 unspecified atom stereocenters. The van der Waals surface area contributed by atoms with Gasteiger partial charge >= 0.3 is 0 Å². The fourth-order valence-corrected chi connectivity index (χ4v) is 0.241. The molecule has 0 aromatic rings. The zero-order valence-corrected chi connectivity index (χ0v) is 3.99. The Labute approximate surface area is 42.6 Å². The maximum Gasteiger partial charge on any atom is 0.157 e. The van der Waals surface area contributed by atoms with Gasteiger partial charge in [0.15, 0.2) is 6.73 Å². The number of hydrogen-bond acceptors (Lipinski definition) is 2. The van der Waals surface area contributed by atoms with E-state index in [2.05, 4.69) is 10.1 Å². The SMILES string of the molecule is C1=COCN1.Cl. The first kappa shape index (κ1) is 5.63. The van der Waals surface area contributed by atoms with E-state index in [1.54, 1.807) is 12.5 Å². The second kappa shape index (κ2) is 2.85. The molecule has 0 fully saturated rings. The van der Waals surface area contributed by atoms with Gasteiger partial charge in [0.1, 0.15) is 6.26 Å². The van der Waals surface area contributed by atoms with Gasteiger partial charge in [-0.1, -0.05) is 0 Å². The van der Waals surface area contributed by atoms with Crippen LogP contribution in [-0.2, 0) is 4.74 Å². The number of hydrogen-bond donors (Lipinski definition) is 1. The van der Waals surface area contributed by atoms with Crippen LogP contribution in [0.2, 0.25) is 0 Å². The van der Waals surface area contributed by atoms with Crippen molar-refractivity contribution in [3.8, 4) is 0 Å². The second-order valence-electron chi connectivity index (χ2n) is 0.818. The molecule has 0 atom stereocenters. The lowest BCUT2D eigenvalue weighted by Crippen LogP contribution is -1.98. The van der Waals surface area contributed by atoms with E-state index in [0.717, 1.165) is 0 Å². The normalized spacial score (nSPS) is 14.7. The van der Waals surface area contributed by atoms with Crippen molar-refractivity contribution in [1.82, 2.24) is 5.32 Å². The molecule has 0 radical (unpaired) electrons. The summed E-state index contributed by atoms with van der Waals surface area (Å²) in [4.78, 5) is 0. The van der Waals surface area contributed by atoms with Crippen molar-refractivity contribution in [3.05, 3.63) is 12.5 Å². The van der Waals surface area contributed by atoms with Crippen LogP contribution in [0.1, 0.15) is 0 Å². The van der Waals surface area contributed by atoms with Crippen molar-refractivity contribution in [2.24, 2.45) is 0 Å². The summed E-state index contributed by atoms with van der Waals surface area (Å²) in [6.07, 6.45) is 3.39. The van der Waals surface area contributed by atoms with Gasteiger partial charge in [0.2, 0.25) is 0 Å². The van der Waals surface area contributed by atoms with E-state index < -0.39 is 0 Å². The zero-order valence-electron chi connectivity index (χ0n) is 3.18. The number of rotatable bonds is 0. The third kappa shape index (κ3) is 1.17. The number of nitrogens with one attached hydrogen (secondary N) is 1. The van der Waals surface area contributed by atoms with E-state index in [4.69, 9.17) is 0 Å².